The summed E-state index contributed by atoms with van der Waals surface area (Å²) in [6.07, 6.45) is -0.597. The first-order valence-electron chi connectivity index (χ1n) is 6.53. The second kappa shape index (κ2) is 7.30. The van der Waals surface area contributed by atoms with Gasteiger partial charge in [0.1, 0.15) is 5.60 Å². The van der Waals surface area contributed by atoms with Crippen LogP contribution in [0.2, 0.25) is 0 Å². The molecule has 4 N–H and O–H groups in total. The number of benzene rings is 1. The Labute approximate surface area is 138 Å². The largest absolute Gasteiger partial charge is 0.444 e. The smallest absolute Gasteiger partial charge is 0.407 e. The van der Waals surface area contributed by atoms with Gasteiger partial charge in [0.25, 0.3) is 0 Å². The van der Waals surface area contributed by atoms with E-state index in [0.29, 0.717) is 10.2 Å². The second-order valence-electron chi connectivity index (χ2n) is 5.52. The highest BCUT2D eigenvalue weighted by molar-refractivity contribution is 9.10. The molecule has 0 atom stereocenters. The van der Waals surface area contributed by atoms with E-state index in [1.54, 1.807) is 20.8 Å². The summed E-state index contributed by atoms with van der Waals surface area (Å²) in [4.78, 5) is 11.5. The SMILES string of the molecule is CC(C)(C)OC(=O)NCCNS(=O)(=O)c1ccc(N)cc1Br. The molecular weight excluding hydrogens is 374 g/mol. The summed E-state index contributed by atoms with van der Waals surface area (Å²) in [5, 5.41) is 2.47. The first-order chi connectivity index (χ1) is 10.0. The van der Waals surface area contributed by atoms with Gasteiger partial charge in [0.05, 0.1) is 4.90 Å². The molecule has 0 spiro atoms. The van der Waals surface area contributed by atoms with Crippen LogP contribution in [0.5, 0.6) is 0 Å². The molecule has 0 saturated carbocycles. The van der Waals surface area contributed by atoms with E-state index in [2.05, 4.69) is 26.0 Å². The van der Waals surface area contributed by atoms with Crippen LogP contribution < -0.4 is 15.8 Å². The lowest BCUT2D eigenvalue weighted by molar-refractivity contribution is 0.0529. The van der Waals surface area contributed by atoms with E-state index in [1.807, 2.05) is 0 Å². The summed E-state index contributed by atoms with van der Waals surface area (Å²) in [5.41, 5.74) is 5.43. The second-order valence-corrected chi connectivity index (χ2v) is 8.11. The Hall–Kier alpha value is -1.32. The fourth-order valence-corrected chi connectivity index (χ4v) is 3.60. The van der Waals surface area contributed by atoms with E-state index in [-0.39, 0.29) is 18.0 Å². The number of carbonyl (C=O) groups is 1. The van der Waals surface area contributed by atoms with Gasteiger partial charge in [0.2, 0.25) is 10.0 Å². The van der Waals surface area contributed by atoms with Crippen LogP contribution in [-0.2, 0) is 14.8 Å². The number of hydrogen-bond donors (Lipinski definition) is 3. The summed E-state index contributed by atoms with van der Waals surface area (Å²) in [6.45, 7) is 5.38. The molecule has 0 bridgehead atoms. The monoisotopic (exact) mass is 393 g/mol. The first kappa shape index (κ1) is 18.7. The van der Waals surface area contributed by atoms with E-state index < -0.39 is 21.7 Å². The highest BCUT2D eigenvalue weighted by Crippen LogP contribution is 2.23. The summed E-state index contributed by atoms with van der Waals surface area (Å²) >= 11 is 3.16. The van der Waals surface area contributed by atoms with Gasteiger partial charge in [-0.1, -0.05) is 0 Å². The standard InChI is InChI=1S/C13H20BrN3O4S/c1-13(2,3)21-12(18)16-6-7-17-22(19,20)11-5-4-9(15)8-10(11)14/h4-5,8,17H,6-7,15H2,1-3H3,(H,16,18). The van der Waals surface area contributed by atoms with E-state index in [1.165, 1.54) is 18.2 Å². The molecule has 0 heterocycles. The van der Waals surface area contributed by atoms with Crippen LogP contribution in [-0.4, -0.2) is 33.2 Å². The number of amides is 1. The van der Waals surface area contributed by atoms with Gasteiger partial charge in [0, 0.05) is 23.2 Å². The van der Waals surface area contributed by atoms with E-state index in [4.69, 9.17) is 10.5 Å². The number of anilines is 1. The number of carbonyl (C=O) groups excluding carboxylic acids is 1. The normalized spacial score (nSPS) is 12.0. The maximum atomic E-state index is 12.1. The number of alkyl carbamates (subject to hydrolysis) is 1. The van der Waals surface area contributed by atoms with E-state index >= 15 is 0 Å². The summed E-state index contributed by atoms with van der Waals surface area (Å²) in [7, 11) is -3.69. The third-order valence-electron chi connectivity index (χ3n) is 2.33. The van der Waals surface area contributed by atoms with Crippen molar-refractivity contribution in [3.8, 4) is 0 Å². The lowest BCUT2D eigenvalue weighted by atomic mass is 10.2. The molecule has 0 unspecified atom stereocenters. The Bertz CT molecular complexity index is 641. The Morgan fingerprint density at radius 1 is 1.32 bits per heavy atom. The van der Waals surface area contributed by atoms with Gasteiger partial charge in [-0.2, -0.15) is 0 Å². The highest BCUT2D eigenvalue weighted by atomic mass is 79.9. The van der Waals surface area contributed by atoms with Crippen LogP contribution in [0.3, 0.4) is 0 Å². The molecule has 0 aromatic heterocycles. The van der Waals surface area contributed by atoms with Gasteiger partial charge in [0.15, 0.2) is 0 Å². The van der Waals surface area contributed by atoms with Crippen LogP contribution in [0.1, 0.15) is 20.8 Å². The number of ether oxygens (including phenoxy) is 1. The van der Waals surface area contributed by atoms with Crippen LogP contribution in [0.4, 0.5) is 10.5 Å². The Balaban J connectivity index is 2.52. The van der Waals surface area contributed by atoms with Crippen molar-refractivity contribution in [1.29, 1.82) is 0 Å². The number of sulfonamides is 1. The molecule has 22 heavy (non-hydrogen) atoms. The molecule has 1 rings (SSSR count). The third-order valence-corrected chi connectivity index (χ3v) is 4.77. The zero-order valence-electron chi connectivity index (χ0n) is 12.6. The van der Waals surface area contributed by atoms with Gasteiger partial charge in [-0.3, -0.25) is 0 Å². The number of nitrogens with one attached hydrogen (secondary N) is 2. The molecule has 0 aliphatic carbocycles. The van der Waals surface area contributed by atoms with Crippen molar-refractivity contribution < 1.29 is 17.9 Å². The predicted molar refractivity (Wildman–Crippen MR) is 88.0 cm³/mol. The third kappa shape index (κ3) is 6.20. The Kier molecular flexibility index (Phi) is 6.21. The zero-order valence-corrected chi connectivity index (χ0v) is 15.0. The van der Waals surface area contributed by atoms with Gasteiger partial charge in [-0.05, 0) is 54.9 Å². The fraction of sp³-hybridized carbons (Fsp3) is 0.462. The van der Waals surface area contributed by atoms with Crippen molar-refractivity contribution in [2.75, 3.05) is 18.8 Å². The number of rotatable bonds is 5. The van der Waals surface area contributed by atoms with Crippen LogP contribution in [0.15, 0.2) is 27.6 Å². The van der Waals surface area contributed by atoms with Crippen LogP contribution in [0, 0.1) is 0 Å². The maximum absolute atomic E-state index is 12.1. The van der Waals surface area contributed by atoms with Crippen molar-refractivity contribution >= 4 is 37.7 Å². The minimum atomic E-state index is -3.69. The molecule has 124 valence electrons. The van der Waals surface area contributed by atoms with Crippen molar-refractivity contribution in [2.45, 2.75) is 31.3 Å². The Morgan fingerprint density at radius 3 is 2.50 bits per heavy atom. The Morgan fingerprint density at radius 2 is 1.95 bits per heavy atom. The van der Waals surface area contributed by atoms with Crippen molar-refractivity contribution in [2.24, 2.45) is 0 Å². The van der Waals surface area contributed by atoms with Crippen molar-refractivity contribution in [3.63, 3.8) is 0 Å². The molecule has 0 aliphatic heterocycles. The molecular formula is C13H20BrN3O4S. The topological polar surface area (TPSA) is 111 Å². The average molecular weight is 394 g/mol. The lowest BCUT2D eigenvalue weighted by Gasteiger charge is -2.19. The molecule has 7 nitrogen and oxygen atoms in total. The van der Waals surface area contributed by atoms with Gasteiger partial charge in [-0.15, -0.1) is 0 Å². The molecule has 0 radical (unpaired) electrons. The molecule has 0 fully saturated rings. The molecule has 1 aromatic carbocycles. The summed E-state index contributed by atoms with van der Waals surface area (Å²) in [6, 6.07) is 4.41. The molecule has 9 heteroatoms. The molecule has 1 aromatic rings. The first-order valence-corrected chi connectivity index (χ1v) is 8.80. The number of halogens is 1. The maximum Gasteiger partial charge on any atom is 0.407 e. The highest BCUT2D eigenvalue weighted by Gasteiger charge is 2.18. The van der Waals surface area contributed by atoms with Crippen LogP contribution in [0.25, 0.3) is 0 Å². The van der Waals surface area contributed by atoms with Gasteiger partial charge >= 0.3 is 6.09 Å². The zero-order chi connectivity index (χ0) is 17.0. The molecule has 1 amide bonds. The molecule has 0 aliphatic rings. The van der Waals surface area contributed by atoms with E-state index in [0.717, 1.165) is 0 Å². The van der Waals surface area contributed by atoms with Crippen molar-refractivity contribution in [3.05, 3.63) is 22.7 Å². The quantitative estimate of drug-likeness (QED) is 0.521. The van der Waals surface area contributed by atoms with E-state index in [9.17, 15) is 13.2 Å². The lowest BCUT2D eigenvalue weighted by Crippen LogP contribution is -2.37. The number of nitrogens with two attached hydrogens (primary N) is 1. The molecule has 0 saturated heterocycles. The fourth-order valence-electron chi connectivity index (χ4n) is 1.48. The summed E-state index contributed by atoms with van der Waals surface area (Å²) in [5.74, 6) is 0. The van der Waals surface area contributed by atoms with Gasteiger partial charge < -0.3 is 15.8 Å². The minimum Gasteiger partial charge on any atom is -0.444 e. The predicted octanol–water partition coefficient (Wildman–Crippen LogP) is 1.83. The summed E-state index contributed by atoms with van der Waals surface area (Å²) < 4.78 is 32.0. The average Bonchev–Trinajstić information content (AvgIpc) is 2.32. The minimum absolute atomic E-state index is 0.0401. The van der Waals surface area contributed by atoms with Crippen LogP contribution >= 0.6 is 15.9 Å². The van der Waals surface area contributed by atoms with Gasteiger partial charge in [-0.25, -0.2) is 17.9 Å². The number of nitrogen functional groups attached to an aromatic ring is 1. The van der Waals surface area contributed by atoms with Crippen molar-refractivity contribution in [1.82, 2.24) is 10.0 Å². The number of hydrogen-bond acceptors (Lipinski definition) is 5.